The summed E-state index contributed by atoms with van der Waals surface area (Å²) in [6, 6.07) is 0. The lowest BCUT2D eigenvalue weighted by Crippen LogP contribution is -2.13. The molecule has 0 aromatic carbocycles. The molecule has 0 unspecified atom stereocenters. The van der Waals surface area contributed by atoms with Crippen LogP contribution in [0.1, 0.15) is 39.5 Å². The molecule has 12 heavy (non-hydrogen) atoms. The zero-order valence-corrected chi connectivity index (χ0v) is 8.69. The number of carbonyl (C=O) groups is 1. The van der Waals surface area contributed by atoms with Crippen LogP contribution in [0.2, 0.25) is 0 Å². The van der Waals surface area contributed by atoms with E-state index < -0.39 is 0 Å². The number of thioether (sulfide) groups is 1. The summed E-state index contributed by atoms with van der Waals surface area (Å²) in [5, 5.41) is 0.965. The molecule has 0 spiro atoms. The Hall–Kier alpha value is 0.0200. The number of hydrogen-bond acceptors (Lipinski definition) is 2. The molecule has 69 valence electrons. The van der Waals surface area contributed by atoms with Crippen LogP contribution < -0.4 is 0 Å². The zero-order chi connectivity index (χ0) is 8.97. The summed E-state index contributed by atoms with van der Waals surface area (Å²) in [6.07, 6.45) is 7.12. The summed E-state index contributed by atoms with van der Waals surface area (Å²) in [4.78, 5) is 11.4. The second-order valence-corrected chi connectivity index (χ2v) is 4.96. The van der Waals surface area contributed by atoms with Crippen LogP contribution in [-0.2, 0) is 4.79 Å². The molecular weight excluding hydrogens is 168 g/mol. The van der Waals surface area contributed by atoms with Gasteiger partial charge in [0.15, 0.2) is 5.12 Å². The quantitative estimate of drug-likeness (QED) is 0.657. The summed E-state index contributed by atoms with van der Waals surface area (Å²) in [6.45, 7) is 3.95. The maximum absolute atomic E-state index is 11.4. The molecule has 1 saturated carbocycles. The Labute approximate surface area is 79.3 Å². The van der Waals surface area contributed by atoms with E-state index in [1.165, 1.54) is 25.7 Å². The minimum atomic E-state index is 0.195. The Morgan fingerprint density at radius 3 is 2.50 bits per heavy atom. The van der Waals surface area contributed by atoms with E-state index in [0.717, 1.165) is 0 Å². The fourth-order valence-electron chi connectivity index (χ4n) is 1.31. The molecule has 0 aliphatic heterocycles. The second kappa shape index (κ2) is 4.90. The lowest BCUT2D eigenvalue weighted by atomic mass is 10.0. The zero-order valence-electron chi connectivity index (χ0n) is 7.88. The smallest absolute Gasteiger partial charge is 0.191 e. The molecule has 0 amide bonds. The van der Waals surface area contributed by atoms with Crippen LogP contribution in [0.5, 0.6) is 0 Å². The molecule has 1 fully saturated rings. The van der Waals surface area contributed by atoms with E-state index >= 15 is 0 Å². The van der Waals surface area contributed by atoms with E-state index in [9.17, 15) is 4.79 Å². The van der Waals surface area contributed by atoms with E-state index in [0.29, 0.717) is 10.4 Å². The SMILES string of the molecule is CC(C)C(=O)SC1CC[CH]CC1. The first-order valence-corrected chi connectivity index (χ1v) is 5.60. The minimum Gasteiger partial charge on any atom is -0.287 e. The number of carbonyl (C=O) groups excluding carboxylic acids is 1. The van der Waals surface area contributed by atoms with Crippen molar-refractivity contribution in [1.29, 1.82) is 0 Å². The van der Waals surface area contributed by atoms with Crippen LogP contribution in [0.15, 0.2) is 0 Å². The number of rotatable bonds is 2. The lowest BCUT2D eigenvalue weighted by molar-refractivity contribution is -0.113. The fourth-order valence-corrected chi connectivity index (χ4v) is 2.42. The molecule has 1 aliphatic rings. The second-order valence-electron chi connectivity index (χ2n) is 3.66. The van der Waals surface area contributed by atoms with Crippen molar-refractivity contribution in [2.24, 2.45) is 5.92 Å². The van der Waals surface area contributed by atoms with Crippen molar-refractivity contribution in [1.82, 2.24) is 0 Å². The van der Waals surface area contributed by atoms with E-state index in [1.54, 1.807) is 11.8 Å². The van der Waals surface area contributed by atoms with E-state index in [4.69, 9.17) is 0 Å². The molecular formula is C10H17OS. The molecule has 2 heteroatoms. The first-order valence-electron chi connectivity index (χ1n) is 4.72. The summed E-state index contributed by atoms with van der Waals surface area (Å²) >= 11 is 1.57. The van der Waals surface area contributed by atoms with Gasteiger partial charge in [0.2, 0.25) is 0 Å². The van der Waals surface area contributed by atoms with Crippen molar-refractivity contribution in [3.8, 4) is 0 Å². The van der Waals surface area contributed by atoms with Gasteiger partial charge in [-0.2, -0.15) is 0 Å². The van der Waals surface area contributed by atoms with Crippen molar-refractivity contribution in [3.63, 3.8) is 0 Å². The maximum atomic E-state index is 11.4. The van der Waals surface area contributed by atoms with Gasteiger partial charge in [-0.25, -0.2) is 0 Å². The predicted octanol–water partition coefficient (Wildman–Crippen LogP) is 3.05. The maximum Gasteiger partial charge on any atom is 0.191 e. The third-order valence-corrected chi connectivity index (χ3v) is 3.65. The number of hydrogen-bond donors (Lipinski definition) is 0. The highest BCUT2D eigenvalue weighted by atomic mass is 32.2. The van der Waals surface area contributed by atoms with Gasteiger partial charge < -0.3 is 0 Å². The summed E-state index contributed by atoms with van der Waals surface area (Å²) < 4.78 is 0. The van der Waals surface area contributed by atoms with Gasteiger partial charge in [-0.05, 0) is 32.1 Å². The van der Waals surface area contributed by atoms with Gasteiger partial charge in [-0.1, -0.05) is 25.6 Å². The highest BCUT2D eigenvalue weighted by Gasteiger charge is 2.18. The van der Waals surface area contributed by atoms with Gasteiger partial charge in [0.1, 0.15) is 0 Å². The highest BCUT2D eigenvalue weighted by molar-refractivity contribution is 8.14. The third kappa shape index (κ3) is 3.18. The molecule has 1 rings (SSSR count). The van der Waals surface area contributed by atoms with Crippen LogP contribution in [0.3, 0.4) is 0 Å². The van der Waals surface area contributed by atoms with Gasteiger partial charge in [-0.15, -0.1) is 0 Å². The normalized spacial score (nSPS) is 19.9. The van der Waals surface area contributed by atoms with Gasteiger partial charge in [0.05, 0.1) is 0 Å². The highest BCUT2D eigenvalue weighted by Crippen LogP contribution is 2.29. The van der Waals surface area contributed by atoms with Crippen molar-refractivity contribution in [2.45, 2.75) is 44.8 Å². The van der Waals surface area contributed by atoms with E-state index in [1.807, 2.05) is 13.8 Å². The summed E-state index contributed by atoms with van der Waals surface area (Å²) in [5.41, 5.74) is 0. The first kappa shape index (κ1) is 10.1. The summed E-state index contributed by atoms with van der Waals surface area (Å²) in [7, 11) is 0. The molecule has 0 aromatic rings. The fraction of sp³-hybridized carbons (Fsp3) is 0.800. The van der Waals surface area contributed by atoms with E-state index in [-0.39, 0.29) is 5.92 Å². The monoisotopic (exact) mass is 185 g/mol. The molecule has 0 saturated heterocycles. The van der Waals surface area contributed by atoms with Crippen LogP contribution in [0.25, 0.3) is 0 Å². The standard InChI is InChI=1S/C10H17OS/c1-8(2)10(11)12-9-6-4-3-5-7-9/h3,8-9H,4-7H2,1-2H3. The molecule has 0 bridgehead atoms. The van der Waals surface area contributed by atoms with Crippen molar-refractivity contribution >= 4 is 16.9 Å². The molecule has 0 heterocycles. The Bertz CT molecular complexity index is 148. The average molecular weight is 185 g/mol. The topological polar surface area (TPSA) is 17.1 Å². The largest absolute Gasteiger partial charge is 0.287 e. The van der Waals surface area contributed by atoms with Crippen molar-refractivity contribution in [2.75, 3.05) is 0 Å². The molecule has 0 atom stereocenters. The Morgan fingerprint density at radius 2 is 2.00 bits per heavy atom. The van der Waals surface area contributed by atoms with Crippen LogP contribution in [-0.4, -0.2) is 10.4 Å². The third-order valence-electron chi connectivity index (χ3n) is 2.14. The summed E-state index contributed by atoms with van der Waals surface area (Å²) in [5.74, 6) is 0.195. The van der Waals surface area contributed by atoms with E-state index in [2.05, 4.69) is 6.42 Å². The van der Waals surface area contributed by atoms with Crippen LogP contribution in [0.4, 0.5) is 0 Å². The van der Waals surface area contributed by atoms with Crippen LogP contribution in [0, 0.1) is 12.3 Å². The van der Waals surface area contributed by atoms with Crippen molar-refractivity contribution < 1.29 is 4.79 Å². The van der Waals surface area contributed by atoms with Gasteiger partial charge in [0, 0.05) is 11.2 Å². The minimum absolute atomic E-state index is 0.195. The molecule has 1 radical (unpaired) electrons. The van der Waals surface area contributed by atoms with Gasteiger partial charge in [-0.3, -0.25) is 4.79 Å². The molecule has 1 aliphatic carbocycles. The predicted molar refractivity (Wildman–Crippen MR) is 54.0 cm³/mol. The van der Waals surface area contributed by atoms with Crippen molar-refractivity contribution in [3.05, 3.63) is 6.42 Å². The molecule has 0 N–H and O–H groups in total. The first-order chi connectivity index (χ1) is 5.70. The van der Waals surface area contributed by atoms with Gasteiger partial charge >= 0.3 is 0 Å². The Kier molecular flexibility index (Phi) is 4.13. The lowest BCUT2D eigenvalue weighted by Gasteiger charge is -2.20. The molecule has 1 nitrogen and oxygen atoms in total. The Morgan fingerprint density at radius 1 is 1.42 bits per heavy atom. The average Bonchev–Trinajstić information content (AvgIpc) is 2.06. The molecule has 0 aromatic heterocycles. The van der Waals surface area contributed by atoms with Crippen LogP contribution >= 0.6 is 11.8 Å². The Balaban J connectivity index is 2.24. The van der Waals surface area contributed by atoms with Gasteiger partial charge in [0.25, 0.3) is 0 Å².